The molecule has 0 saturated carbocycles. The van der Waals surface area contributed by atoms with Crippen molar-refractivity contribution in [2.24, 2.45) is 0 Å². The van der Waals surface area contributed by atoms with Crippen molar-refractivity contribution in [2.75, 3.05) is 19.1 Å². The predicted molar refractivity (Wildman–Crippen MR) is 102 cm³/mol. The van der Waals surface area contributed by atoms with Crippen LogP contribution < -0.4 is 9.64 Å². The monoisotopic (exact) mass is 399 g/mol. The molecule has 0 saturated heterocycles. The van der Waals surface area contributed by atoms with E-state index in [9.17, 15) is 4.79 Å². The largest absolute Gasteiger partial charge is 0.493 e. The Morgan fingerprint density at radius 2 is 1.92 bits per heavy atom. The van der Waals surface area contributed by atoms with Gasteiger partial charge in [0.1, 0.15) is 0 Å². The number of hydrogen-bond acceptors (Lipinski definition) is 3. The topological polar surface area (TPSA) is 47.4 Å². The van der Waals surface area contributed by atoms with Gasteiger partial charge < -0.3 is 9.64 Å². The van der Waals surface area contributed by atoms with Gasteiger partial charge in [-0.2, -0.15) is 5.10 Å². The van der Waals surface area contributed by atoms with Gasteiger partial charge in [0.25, 0.3) is 5.91 Å². The van der Waals surface area contributed by atoms with Gasteiger partial charge in [-0.25, -0.2) is 4.68 Å². The number of rotatable bonds is 4. The third-order valence-electron chi connectivity index (χ3n) is 3.95. The van der Waals surface area contributed by atoms with Crippen molar-refractivity contribution < 1.29 is 9.53 Å². The second kappa shape index (κ2) is 7.11. The number of carbonyl (C=O) groups is 1. The Balaban J connectivity index is 1.97. The normalized spacial score (nSPS) is 10.6. The van der Waals surface area contributed by atoms with Crippen LogP contribution in [0.2, 0.25) is 0 Å². The van der Waals surface area contributed by atoms with Crippen LogP contribution in [0.1, 0.15) is 16.1 Å². The van der Waals surface area contributed by atoms with E-state index in [1.165, 1.54) is 7.11 Å². The highest BCUT2D eigenvalue weighted by molar-refractivity contribution is 9.10. The number of benzene rings is 2. The average molecular weight is 400 g/mol. The molecule has 2 aromatic carbocycles. The summed E-state index contributed by atoms with van der Waals surface area (Å²) in [4.78, 5) is 14.6. The fourth-order valence-electron chi connectivity index (χ4n) is 2.63. The molecule has 1 aromatic heterocycles. The molecule has 3 aromatic rings. The van der Waals surface area contributed by atoms with Crippen molar-refractivity contribution in [3.8, 4) is 11.4 Å². The number of methoxy groups -OCH3 is 1. The second-order valence-corrected chi connectivity index (χ2v) is 6.54. The lowest BCUT2D eigenvalue weighted by Gasteiger charge is -2.19. The Kier molecular flexibility index (Phi) is 4.90. The zero-order chi connectivity index (χ0) is 18.0. The van der Waals surface area contributed by atoms with Gasteiger partial charge in [-0.3, -0.25) is 4.79 Å². The first kappa shape index (κ1) is 17.2. The molecule has 0 spiro atoms. The van der Waals surface area contributed by atoms with Crippen LogP contribution in [-0.2, 0) is 0 Å². The van der Waals surface area contributed by atoms with E-state index in [0.717, 1.165) is 21.4 Å². The highest BCUT2D eigenvalue weighted by atomic mass is 79.9. The number of ether oxygens (including phenoxy) is 1. The fraction of sp³-hybridized carbons (Fsp3) is 0.158. The summed E-state index contributed by atoms with van der Waals surface area (Å²) in [6.07, 6.45) is 1.71. The molecule has 0 aliphatic heterocycles. The Morgan fingerprint density at radius 1 is 1.20 bits per heavy atom. The van der Waals surface area contributed by atoms with Gasteiger partial charge in [0, 0.05) is 17.2 Å². The number of aryl methyl sites for hydroxylation is 1. The summed E-state index contributed by atoms with van der Waals surface area (Å²) in [5, 5.41) is 4.44. The summed E-state index contributed by atoms with van der Waals surface area (Å²) in [6.45, 7) is 1.96. The summed E-state index contributed by atoms with van der Waals surface area (Å²) in [7, 11) is 3.27. The van der Waals surface area contributed by atoms with Gasteiger partial charge in [0.15, 0.2) is 11.4 Å². The van der Waals surface area contributed by atoms with Crippen molar-refractivity contribution in [2.45, 2.75) is 6.92 Å². The van der Waals surface area contributed by atoms with E-state index in [4.69, 9.17) is 4.74 Å². The molecule has 0 aliphatic rings. The molecule has 1 heterocycles. The number of nitrogens with zero attached hydrogens (tertiary/aromatic N) is 3. The number of amides is 1. The molecular formula is C19H18BrN3O2. The highest BCUT2D eigenvalue weighted by Gasteiger charge is 2.23. The third-order valence-corrected chi connectivity index (χ3v) is 4.44. The van der Waals surface area contributed by atoms with Crippen LogP contribution in [0, 0.1) is 6.92 Å². The molecule has 0 radical (unpaired) electrons. The molecule has 0 unspecified atom stereocenters. The van der Waals surface area contributed by atoms with Crippen molar-refractivity contribution in [1.82, 2.24) is 9.78 Å². The molecule has 0 N–H and O–H groups in total. The predicted octanol–water partition coefficient (Wildman–Crippen LogP) is 4.23. The fourth-order valence-corrected chi connectivity index (χ4v) is 3.11. The average Bonchev–Trinajstić information content (AvgIpc) is 3.05. The zero-order valence-corrected chi connectivity index (χ0v) is 15.8. The van der Waals surface area contributed by atoms with Crippen molar-refractivity contribution in [3.63, 3.8) is 0 Å². The Labute approximate surface area is 155 Å². The smallest absolute Gasteiger partial charge is 0.282 e. The number of halogens is 1. The number of para-hydroxylation sites is 1. The van der Waals surface area contributed by atoms with Crippen LogP contribution in [0.15, 0.2) is 59.2 Å². The van der Waals surface area contributed by atoms with E-state index in [0.29, 0.717) is 5.75 Å². The molecule has 25 heavy (non-hydrogen) atoms. The van der Waals surface area contributed by atoms with Gasteiger partial charge in [-0.15, -0.1) is 0 Å². The highest BCUT2D eigenvalue weighted by Crippen LogP contribution is 2.27. The van der Waals surface area contributed by atoms with Crippen LogP contribution in [0.5, 0.6) is 5.75 Å². The van der Waals surface area contributed by atoms with Crippen LogP contribution in [0.25, 0.3) is 5.69 Å². The standard InChI is InChI=1S/C19H18BrN3O2/c1-13-11-14(20)9-10-16(13)22(2)19(24)18-17(25-3)12-23(21-18)15-7-5-4-6-8-15/h4-12H,1-3H3. The molecule has 0 aliphatic carbocycles. The number of hydrogen-bond donors (Lipinski definition) is 0. The quantitative estimate of drug-likeness (QED) is 0.659. The molecule has 0 atom stereocenters. The van der Waals surface area contributed by atoms with Crippen LogP contribution in [-0.4, -0.2) is 29.8 Å². The van der Waals surface area contributed by atoms with Crippen molar-refractivity contribution >= 4 is 27.5 Å². The first-order valence-electron chi connectivity index (χ1n) is 7.74. The summed E-state index contributed by atoms with van der Waals surface area (Å²) in [5.41, 5.74) is 2.95. The molecule has 0 bridgehead atoms. The maximum atomic E-state index is 13.0. The van der Waals surface area contributed by atoms with Crippen LogP contribution >= 0.6 is 15.9 Å². The summed E-state index contributed by atoms with van der Waals surface area (Å²) >= 11 is 3.44. The molecule has 5 nitrogen and oxygen atoms in total. The maximum absolute atomic E-state index is 13.0. The summed E-state index contributed by atoms with van der Waals surface area (Å²) < 4.78 is 7.99. The lowest BCUT2D eigenvalue weighted by Crippen LogP contribution is -2.27. The molecule has 128 valence electrons. The van der Waals surface area contributed by atoms with Crippen LogP contribution in [0.4, 0.5) is 5.69 Å². The van der Waals surface area contributed by atoms with Crippen molar-refractivity contribution in [1.29, 1.82) is 0 Å². The van der Waals surface area contributed by atoms with E-state index in [-0.39, 0.29) is 11.6 Å². The Bertz CT molecular complexity index is 906. The van der Waals surface area contributed by atoms with Gasteiger partial charge in [-0.05, 0) is 42.8 Å². The minimum absolute atomic E-state index is 0.225. The van der Waals surface area contributed by atoms with Gasteiger partial charge >= 0.3 is 0 Å². The van der Waals surface area contributed by atoms with Crippen molar-refractivity contribution in [3.05, 3.63) is 70.5 Å². The van der Waals surface area contributed by atoms with E-state index in [2.05, 4.69) is 21.0 Å². The first-order valence-corrected chi connectivity index (χ1v) is 8.54. The lowest BCUT2D eigenvalue weighted by atomic mass is 10.2. The van der Waals surface area contributed by atoms with E-state index >= 15 is 0 Å². The van der Waals surface area contributed by atoms with E-state index in [1.807, 2.05) is 55.5 Å². The van der Waals surface area contributed by atoms with E-state index in [1.54, 1.807) is 22.8 Å². The Morgan fingerprint density at radius 3 is 2.56 bits per heavy atom. The third kappa shape index (κ3) is 3.44. The molecule has 6 heteroatoms. The van der Waals surface area contributed by atoms with Crippen LogP contribution in [0.3, 0.4) is 0 Å². The summed E-state index contributed by atoms with van der Waals surface area (Å²) in [5.74, 6) is 0.215. The molecular weight excluding hydrogens is 382 g/mol. The van der Waals surface area contributed by atoms with E-state index < -0.39 is 0 Å². The Hall–Kier alpha value is -2.60. The SMILES string of the molecule is COc1cn(-c2ccccc2)nc1C(=O)N(C)c1ccc(Br)cc1C. The molecule has 1 amide bonds. The number of anilines is 1. The number of aromatic nitrogens is 2. The van der Waals surface area contributed by atoms with Gasteiger partial charge in [0.2, 0.25) is 0 Å². The van der Waals surface area contributed by atoms with Gasteiger partial charge in [0.05, 0.1) is 19.0 Å². The summed E-state index contributed by atoms with van der Waals surface area (Å²) in [6, 6.07) is 15.4. The minimum atomic E-state index is -0.225. The first-order chi connectivity index (χ1) is 12.0. The zero-order valence-electron chi connectivity index (χ0n) is 14.2. The minimum Gasteiger partial charge on any atom is -0.493 e. The lowest BCUT2D eigenvalue weighted by molar-refractivity contribution is 0.0985. The molecule has 3 rings (SSSR count). The molecule has 0 fully saturated rings. The second-order valence-electron chi connectivity index (χ2n) is 5.62. The number of carbonyl (C=O) groups excluding carboxylic acids is 1. The maximum Gasteiger partial charge on any atom is 0.282 e. The van der Waals surface area contributed by atoms with Gasteiger partial charge in [-0.1, -0.05) is 34.1 Å².